The van der Waals surface area contributed by atoms with Crippen molar-refractivity contribution >= 4 is 0 Å². The first-order valence-electron chi connectivity index (χ1n) is 1.49. The van der Waals surface area contributed by atoms with Gasteiger partial charge in [0, 0.05) is 5.70 Å². The zero-order chi connectivity index (χ0) is 4.28. The number of hydrogen-bond acceptors (Lipinski definition) is 1. The Morgan fingerprint density at radius 1 is 2.00 bits per heavy atom. The molecule has 29 valence electrons. The highest BCUT2D eigenvalue weighted by molar-refractivity contribution is 4.92. The van der Waals surface area contributed by atoms with Gasteiger partial charge in [-0.1, -0.05) is 6.08 Å². The summed E-state index contributed by atoms with van der Waals surface area (Å²) in [6.07, 6.45) is 1.61. The van der Waals surface area contributed by atoms with Crippen molar-refractivity contribution in [1.82, 2.24) is 0 Å². The minimum absolute atomic E-state index is 0.769. The quantitative estimate of drug-likeness (QED) is 0.445. The second-order valence-corrected chi connectivity index (χ2v) is 0.948. The fraction of sp³-hybridized carbons (Fsp3) is 0.250. The Hall–Kier alpha value is -0.460. The van der Waals surface area contributed by atoms with Gasteiger partial charge in [0.2, 0.25) is 0 Å². The summed E-state index contributed by atoms with van der Waals surface area (Å²) >= 11 is 0. The summed E-state index contributed by atoms with van der Waals surface area (Å²) < 4.78 is 0. The summed E-state index contributed by atoms with van der Waals surface area (Å²) in [5.41, 5.74) is 5.86. The van der Waals surface area contributed by atoms with Gasteiger partial charge in [-0.15, -0.1) is 0 Å². The molecular formula is C4H8N. The molecule has 0 unspecified atom stereocenters. The molecule has 1 nitrogen and oxygen atoms in total. The van der Waals surface area contributed by atoms with Crippen LogP contribution in [0.4, 0.5) is 0 Å². The summed E-state index contributed by atoms with van der Waals surface area (Å²) in [6, 6.07) is 0. The Kier molecular flexibility index (Phi) is 1.65. The number of nitrogens with two attached hydrogens (primary N) is 1. The minimum atomic E-state index is 0.769. The van der Waals surface area contributed by atoms with E-state index in [-0.39, 0.29) is 0 Å². The van der Waals surface area contributed by atoms with Gasteiger partial charge in [0.15, 0.2) is 0 Å². The lowest BCUT2D eigenvalue weighted by molar-refractivity contribution is 1.32. The first kappa shape index (κ1) is 4.54. The molecule has 0 aromatic carbocycles. The van der Waals surface area contributed by atoms with Crippen LogP contribution in [0.2, 0.25) is 0 Å². The van der Waals surface area contributed by atoms with E-state index in [1.807, 2.05) is 0 Å². The molecule has 0 aromatic heterocycles. The molecular weight excluding hydrogens is 62.1 g/mol. The van der Waals surface area contributed by atoms with Crippen molar-refractivity contribution in [3.05, 3.63) is 18.7 Å². The molecule has 0 aliphatic heterocycles. The van der Waals surface area contributed by atoms with Gasteiger partial charge in [-0.05, 0) is 13.8 Å². The second kappa shape index (κ2) is 1.82. The summed E-state index contributed by atoms with van der Waals surface area (Å²) in [4.78, 5) is 0. The predicted octanol–water partition coefficient (Wildman–Crippen LogP) is 0.683. The molecule has 0 saturated carbocycles. The molecule has 0 rings (SSSR count). The van der Waals surface area contributed by atoms with Gasteiger partial charge in [-0.2, -0.15) is 0 Å². The third-order valence-electron chi connectivity index (χ3n) is 0.322. The lowest BCUT2D eigenvalue weighted by Crippen LogP contribution is -1.86. The van der Waals surface area contributed by atoms with Crippen molar-refractivity contribution in [2.75, 3.05) is 0 Å². The van der Waals surface area contributed by atoms with Crippen molar-refractivity contribution in [3.63, 3.8) is 0 Å². The first-order valence-corrected chi connectivity index (χ1v) is 1.49. The van der Waals surface area contributed by atoms with Crippen molar-refractivity contribution in [2.24, 2.45) is 5.73 Å². The summed E-state index contributed by atoms with van der Waals surface area (Å²) in [7, 11) is 0. The van der Waals surface area contributed by atoms with E-state index in [1.165, 1.54) is 0 Å². The Labute approximate surface area is 32.5 Å². The highest BCUT2D eigenvalue weighted by Crippen LogP contribution is 1.70. The monoisotopic (exact) mass is 70.1 g/mol. The fourth-order valence-electron chi connectivity index (χ4n) is 0. The van der Waals surface area contributed by atoms with Crippen LogP contribution < -0.4 is 5.73 Å². The van der Waals surface area contributed by atoms with Gasteiger partial charge in [0.25, 0.3) is 0 Å². The molecule has 5 heavy (non-hydrogen) atoms. The SMILES string of the molecule is [CH2]/C=C(/C)N. The molecule has 0 fully saturated rings. The van der Waals surface area contributed by atoms with Crippen LogP contribution in [0.1, 0.15) is 6.92 Å². The molecule has 0 aromatic rings. The van der Waals surface area contributed by atoms with Crippen molar-refractivity contribution in [1.29, 1.82) is 0 Å². The van der Waals surface area contributed by atoms with E-state index in [9.17, 15) is 0 Å². The van der Waals surface area contributed by atoms with Gasteiger partial charge in [-0.3, -0.25) is 0 Å². The number of hydrogen-bond donors (Lipinski definition) is 1. The van der Waals surface area contributed by atoms with Crippen LogP contribution in [0.25, 0.3) is 0 Å². The predicted molar refractivity (Wildman–Crippen MR) is 23.3 cm³/mol. The van der Waals surface area contributed by atoms with E-state index in [2.05, 4.69) is 6.92 Å². The van der Waals surface area contributed by atoms with E-state index in [0.29, 0.717) is 0 Å². The standard InChI is InChI=1S/C4H8N/c1-3-4(2)5/h3H,1,5H2,2H3/b4-3-. The zero-order valence-corrected chi connectivity index (χ0v) is 3.36. The van der Waals surface area contributed by atoms with E-state index < -0.39 is 0 Å². The molecule has 0 bridgehead atoms. The van der Waals surface area contributed by atoms with Gasteiger partial charge < -0.3 is 5.73 Å². The molecule has 0 spiro atoms. The second-order valence-electron chi connectivity index (χ2n) is 0.948. The first-order chi connectivity index (χ1) is 2.27. The van der Waals surface area contributed by atoms with Crippen LogP contribution in [0.15, 0.2) is 11.8 Å². The third kappa shape index (κ3) is 3.54. The molecule has 1 heteroatoms. The smallest absolute Gasteiger partial charge is 0.000844 e. The average Bonchev–Trinajstić information content (AvgIpc) is 1.38. The van der Waals surface area contributed by atoms with Crippen LogP contribution >= 0.6 is 0 Å². The Balaban J connectivity index is 3.14. The van der Waals surface area contributed by atoms with E-state index in [4.69, 9.17) is 5.73 Å². The summed E-state index contributed by atoms with van der Waals surface area (Å²) in [5.74, 6) is 0. The maximum Gasteiger partial charge on any atom is 0.000844 e. The fourth-order valence-corrected chi connectivity index (χ4v) is 0. The maximum absolute atomic E-state index is 5.09. The van der Waals surface area contributed by atoms with E-state index in [0.717, 1.165) is 5.70 Å². The average molecular weight is 70.1 g/mol. The molecule has 0 aliphatic rings. The van der Waals surface area contributed by atoms with Crippen LogP contribution in [-0.4, -0.2) is 0 Å². The highest BCUT2D eigenvalue weighted by atomic mass is 14.5. The van der Waals surface area contributed by atoms with Gasteiger partial charge in [-0.25, -0.2) is 0 Å². The Bertz CT molecular complexity index is 41.6. The summed E-state index contributed by atoms with van der Waals surface area (Å²) in [6.45, 7) is 5.20. The summed E-state index contributed by atoms with van der Waals surface area (Å²) in [5, 5.41) is 0. The lowest BCUT2D eigenvalue weighted by Gasteiger charge is -1.76. The van der Waals surface area contributed by atoms with Crippen molar-refractivity contribution in [2.45, 2.75) is 6.92 Å². The number of rotatable bonds is 0. The van der Waals surface area contributed by atoms with E-state index in [1.54, 1.807) is 13.0 Å². The molecule has 0 atom stereocenters. The van der Waals surface area contributed by atoms with E-state index >= 15 is 0 Å². The zero-order valence-electron chi connectivity index (χ0n) is 3.36. The molecule has 1 radical (unpaired) electrons. The molecule has 2 N–H and O–H groups in total. The normalized spacial score (nSPS) is 12.0. The molecule has 0 amide bonds. The van der Waals surface area contributed by atoms with Crippen LogP contribution in [0, 0.1) is 6.92 Å². The van der Waals surface area contributed by atoms with Gasteiger partial charge in [0.1, 0.15) is 0 Å². The highest BCUT2D eigenvalue weighted by Gasteiger charge is 1.60. The van der Waals surface area contributed by atoms with Gasteiger partial charge >= 0.3 is 0 Å². The maximum atomic E-state index is 5.09. The molecule has 0 saturated heterocycles. The Morgan fingerprint density at radius 2 is 2.20 bits per heavy atom. The van der Waals surface area contributed by atoms with Crippen LogP contribution in [0.5, 0.6) is 0 Å². The largest absolute Gasteiger partial charge is 0.403 e. The molecule has 0 heterocycles. The van der Waals surface area contributed by atoms with Crippen LogP contribution in [-0.2, 0) is 0 Å². The minimum Gasteiger partial charge on any atom is -0.403 e. The Morgan fingerprint density at radius 3 is 2.20 bits per heavy atom. The number of allylic oxidation sites excluding steroid dienone is 2. The van der Waals surface area contributed by atoms with Gasteiger partial charge in [0.05, 0.1) is 0 Å². The van der Waals surface area contributed by atoms with Crippen LogP contribution in [0.3, 0.4) is 0 Å². The van der Waals surface area contributed by atoms with Crippen molar-refractivity contribution in [3.8, 4) is 0 Å². The topological polar surface area (TPSA) is 26.0 Å². The lowest BCUT2D eigenvalue weighted by atomic mass is 10.5. The van der Waals surface area contributed by atoms with Crippen molar-refractivity contribution < 1.29 is 0 Å². The molecule has 0 aliphatic carbocycles. The third-order valence-corrected chi connectivity index (χ3v) is 0.322.